The van der Waals surface area contributed by atoms with Crippen LogP contribution in [0.3, 0.4) is 0 Å². The number of hydrogen-bond acceptors (Lipinski definition) is 4. The Kier molecular flexibility index (Phi) is 8.10. The molecule has 1 aromatic carbocycles. The highest BCUT2D eigenvalue weighted by molar-refractivity contribution is 6.47. The van der Waals surface area contributed by atoms with E-state index >= 15 is 0 Å². The number of aliphatic hydroxyl groups is 1. The van der Waals surface area contributed by atoms with Gasteiger partial charge in [-0.3, -0.25) is 0 Å². The maximum Gasteiger partial charge on any atom is 0.330 e. The van der Waals surface area contributed by atoms with Gasteiger partial charge in [0, 0.05) is 6.61 Å². The molecule has 1 N–H and O–H groups in total. The van der Waals surface area contributed by atoms with Gasteiger partial charge in [-0.25, -0.2) is 0 Å². The summed E-state index contributed by atoms with van der Waals surface area (Å²) in [5.74, 6) is 0.808. The van der Waals surface area contributed by atoms with Crippen LogP contribution >= 0.6 is 0 Å². The van der Waals surface area contributed by atoms with Crippen LogP contribution in [0, 0.1) is 0 Å². The predicted molar refractivity (Wildman–Crippen MR) is 94.5 cm³/mol. The third-order valence-corrected chi connectivity index (χ3v) is 3.98. The van der Waals surface area contributed by atoms with Crippen molar-refractivity contribution < 1.29 is 19.2 Å². The van der Waals surface area contributed by atoms with E-state index in [4.69, 9.17) is 14.1 Å². The van der Waals surface area contributed by atoms with E-state index in [1.165, 1.54) is 0 Å². The van der Waals surface area contributed by atoms with Crippen molar-refractivity contribution in [1.29, 1.82) is 0 Å². The van der Waals surface area contributed by atoms with E-state index in [9.17, 15) is 5.11 Å². The van der Waals surface area contributed by atoms with Crippen molar-refractivity contribution >= 4 is 12.9 Å². The predicted octanol–water partition coefficient (Wildman–Crippen LogP) is 2.69. The Morgan fingerprint density at radius 2 is 1.65 bits per heavy atom. The summed E-state index contributed by atoms with van der Waals surface area (Å²) in [6, 6.07) is 7.65. The zero-order valence-corrected chi connectivity index (χ0v) is 15.1. The lowest BCUT2D eigenvalue weighted by molar-refractivity contribution is -0.0893. The standard InChI is InChI=1S/C18H30BO4/c1-6-7-12-21-13-14-22-16-10-8-15(9-11-16)19-23-18(4,5)17(2,3)20/h8-11,20H,6-7,12-14H2,1-5H3. The van der Waals surface area contributed by atoms with Crippen molar-refractivity contribution in [2.75, 3.05) is 19.8 Å². The van der Waals surface area contributed by atoms with Crippen LogP contribution in [0.25, 0.3) is 0 Å². The fourth-order valence-corrected chi connectivity index (χ4v) is 1.57. The summed E-state index contributed by atoms with van der Waals surface area (Å²) in [5, 5.41) is 10.1. The number of unbranched alkanes of at least 4 members (excludes halogenated alkanes) is 1. The molecule has 0 aliphatic heterocycles. The molecule has 0 fully saturated rings. The third-order valence-electron chi connectivity index (χ3n) is 3.98. The van der Waals surface area contributed by atoms with Crippen molar-refractivity contribution in [1.82, 2.24) is 0 Å². The van der Waals surface area contributed by atoms with Gasteiger partial charge in [-0.2, -0.15) is 0 Å². The van der Waals surface area contributed by atoms with Crippen LogP contribution in [0.15, 0.2) is 24.3 Å². The molecule has 0 bridgehead atoms. The van der Waals surface area contributed by atoms with Gasteiger partial charge in [-0.15, -0.1) is 0 Å². The summed E-state index contributed by atoms with van der Waals surface area (Å²) in [7, 11) is 1.66. The van der Waals surface area contributed by atoms with Crippen LogP contribution in [-0.4, -0.2) is 43.6 Å². The Morgan fingerprint density at radius 1 is 1.00 bits per heavy atom. The minimum atomic E-state index is -0.926. The summed E-state index contributed by atoms with van der Waals surface area (Å²) < 4.78 is 16.8. The molecule has 0 atom stereocenters. The van der Waals surface area contributed by atoms with Gasteiger partial charge >= 0.3 is 7.48 Å². The fraction of sp³-hybridized carbons (Fsp3) is 0.667. The second kappa shape index (κ2) is 9.31. The third kappa shape index (κ3) is 7.38. The summed E-state index contributed by atoms with van der Waals surface area (Å²) in [5.41, 5.74) is -0.670. The van der Waals surface area contributed by atoms with E-state index in [1.807, 2.05) is 38.1 Å². The van der Waals surface area contributed by atoms with Crippen molar-refractivity contribution in [3.05, 3.63) is 24.3 Å². The Balaban J connectivity index is 2.33. The first-order valence-electron chi connectivity index (χ1n) is 8.30. The highest BCUT2D eigenvalue weighted by Gasteiger charge is 2.35. The first kappa shape index (κ1) is 20.0. The normalized spacial score (nSPS) is 12.3. The highest BCUT2D eigenvalue weighted by Crippen LogP contribution is 2.24. The maximum atomic E-state index is 10.1. The molecule has 0 aliphatic rings. The molecule has 0 amide bonds. The van der Waals surface area contributed by atoms with E-state index in [2.05, 4.69) is 6.92 Å². The molecule has 0 spiro atoms. The fourth-order valence-electron chi connectivity index (χ4n) is 1.57. The molecular formula is C18H30BO4. The lowest BCUT2D eigenvalue weighted by atomic mass is 9.82. The summed E-state index contributed by atoms with van der Waals surface area (Å²) >= 11 is 0. The van der Waals surface area contributed by atoms with Crippen molar-refractivity contribution in [2.24, 2.45) is 0 Å². The van der Waals surface area contributed by atoms with Gasteiger partial charge in [0.25, 0.3) is 0 Å². The van der Waals surface area contributed by atoms with E-state index in [0.717, 1.165) is 30.7 Å². The molecule has 129 valence electrons. The lowest BCUT2D eigenvalue weighted by Crippen LogP contribution is -2.49. The zero-order valence-electron chi connectivity index (χ0n) is 15.1. The first-order chi connectivity index (χ1) is 10.8. The van der Waals surface area contributed by atoms with Crippen molar-refractivity contribution in [2.45, 2.75) is 58.7 Å². The van der Waals surface area contributed by atoms with Gasteiger partial charge < -0.3 is 19.2 Å². The van der Waals surface area contributed by atoms with E-state index in [-0.39, 0.29) is 0 Å². The monoisotopic (exact) mass is 321 g/mol. The van der Waals surface area contributed by atoms with Crippen LogP contribution in [0.5, 0.6) is 5.75 Å². The molecule has 0 heterocycles. The van der Waals surface area contributed by atoms with E-state index < -0.39 is 11.2 Å². The highest BCUT2D eigenvalue weighted by atomic mass is 16.5. The Labute approximate surface area is 141 Å². The minimum absolute atomic E-state index is 0.551. The second-order valence-corrected chi connectivity index (χ2v) is 6.69. The number of ether oxygens (including phenoxy) is 2. The Morgan fingerprint density at radius 3 is 2.22 bits per heavy atom. The molecule has 1 aromatic rings. The first-order valence-corrected chi connectivity index (χ1v) is 8.30. The molecule has 0 unspecified atom stereocenters. The van der Waals surface area contributed by atoms with E-state index in [1.54, 1.807) is 21.3 Å². The van der Waals surface area contributed by atoms with Crippen LogP contribution in [0.4, 0.5) is 0 Å². The largest absolute Gasteiger partial charge is 0.491 e. The van der Waals surface area contributed by atoms with E-state index in [0.29, 0.717) is 13.2 Å². The van der Waals surface area contributed by atoms with Crippen molar-refractivity contribution in [3.63, 3.8) is 0 Å². The smallest absolute Gasteiger partial charge is 0.330 e. The average molecular weight is 321 g/mol. The van der Waals surface area contributed by atoms with Gasteiger partial charge in [-0.05, 0) is 46.2 Å². The SMILES string of the molecule is CCCCOCCOc1ccc([B]OC(C)(C)C(C)(C)O)cc1. The molecule has 23 heavy (non-hydrogen) atoms. The second-order valence-electron chi connectivity index (χ2n) is 6.69. The molecule has 0 aliphatic carbocycles. The van der Waals surface area contributed by atoms with Gasteiger partial charge in [0.05, 0.1) is 17.8 Å². The van der Waals surface area contributed by atoms with Crippen LogP contribution in [-0.2, 0) is 9.39 Å². The van der Waals surface area contributed by atoms with Gasteiger partial charge in [0.2, 0.25) is 0 Å². The number of hydrogen-bond donors (Lipinski definition) is 1. The summed E-state index contributed by atoms with van der Waals surface area (Å²) in [4.78, 5) is 0. The van der Waals surface area contributed by atoms with Gasteiger partial charge in [0.1, 0.15) is 12.4 Å². The Hall–Kier alpha value is -1.04. The van der Waals surface area contributed by atoms with Crippen LogP contribution < -0.4 is 10.2 Å². The molecule has 0 saturated carbocycles. The average Bonchev–Trinajstić information content (AvgIpc) is 2.49. The molecule has 1 rings (SSSR count). The van der Waals surface area contributed by atoms with Crippen molar-refractivity contribution in [3.8, 4) is 5.75 Å². The quantitative estimate of drug-likeness (QED) is 0.503. The Bertz CT molecular complexity index is 437. The zero-order chi connectivity index (χ0) is 17.3. The molecule has 1 radical (unpaired) electrons. The molecule has 0 saturated heterocycles. The summed E-state index contributed by atoms with van der Waals surface area (Å²) in [6.07, 6.45) is 2.23. The topological polar surface area (TPSA) is 47.9 Å². The van der Waals surface area contributed by atoms with Gasteiger partial charge in [-0.1, -0.05) is 30.9 Å². The lowest BCUT2D eigenvalue weighted by Gasteiger charge is -2.37. The minimum Gasteiger partial charge on any atom is -0.491 e. The maximum absolute atomic E-state index is 10.1. The molecule has 0 aromatic heterocycles. The number of benzene rings is 1. The summed E-state index contributed by atoms with van der Waals surface area (Å²) in [6.45, 7) is 11.3. The van der Waals surface area contributed by atoms with Gasteiger partial charge in [0.15, 0.2) is 0 Å². The van der Waals surface area contributed by atoms with Crippen LogP contribution in [0.2, 0.25) is 0 Å². The molecule has 5 heteroatoms. The molecular weight excluding hydrogens is 291 g/mol. The molecule has 4 nitrogen and oxygen atoms in total. The number of rotatable bonds is 11. The van der Waals surface area contributed by atoms with Crippen LogP contribution in [0.1, 0.15) is 47.5 Å².